The van der Waals surface area contributed by atoms with Gasteiger partial charge in [0.15, 0.2) is 12.3 Å². The number of rotatable bonds is 4. The molecule has 0 aliphatic carbocycles. The molecule has 166 valence electrons. The number of halogens is 3. The van der Waals surface area contributed by atoms with Gasteiger partial charge in [-0.3, -0.25) is 4.84 Å². The molecule has 2 aliphatic rings. The van der Waals surface area contributed by atoms with E-state index in [1.807, 2.05) is 19.9 Å². The Morgan fingerprint density at radius 3 is 2.65 bits per heavy atom. The maximum absolute atomic E-state index is 12.5. The second kappa shape index (κ2) is 7.52. The van der Waals surface area contributed by atoms with Crippen molar-refractivity contribution in [2.75, 3.05) is 13.1 Å². The smallest absolute Gasteiger partial charge is 0.487 e. The van der Waals surface area contributed by atoms with Crippen molar-refractivity contribution < 1.29 is 36.8 Å². The second-order valence-electron chi connectivity index (χ2n) is 7.64. The van der Waals surface area contributed by atoms with E-state index in [4.69, 9.17) is 9.47 Å². The van der Waals surface area contributed by atoms with Gasteiger partial charge >= 0.3 is 12.1 Å². The van der Waals surface area contributed by atoms with E-state index in [9.17, 15) is 22.9 Å². The number of nitrogens with one attached hydrogen (secondary N) is 1. The van der Waals surface area contributed by atoms with E-state index in [0.717, 1.165) is 5.56 Å². The van der Waals surface area contributed by atoms with Gasteiger partial charge < -0.3 is 14.8 Å². The fourth-order valence-corrected chi connectivity index (χ4v) is 3.38. The predicted octanol–water partition coefficient (Wildman–Crippen LogP) is 1.66. The molecule has 1 aromatic heterocycles. The van der Waals surface area contributed by atoms with E-state index in [0.29, 0.717) is 35.7 Å². The summed E-state index contributed by atoms with van der Waals surface area (Å²) in [6, 6.07) is 3.59. The topological polar surface area (TPSA) is 97.6 Å². The third-order valence-corrected chi connectivity index (χ3v) is 5.10. The molecule has 0 unspecified atom stereocenters. The highest BCUT2D eigenvalue weighted by Gasteiger charge is 2.44. The zero-order chi connectivity index (χ0) is 22.5. The lowest BCUT2D eigenvalue weighted by Crippen LogP contribution is -2.50. The van der Waals surface area contributed by atoms with Crippen LogP contribution in [0.25, 0.3) is 11.1 Å². The summed E-state index contributed by atoms with van der Waals surface area (Å²) in [7, 11) is 0. The fourth-order valence-electron chi connectivity index (χ4n) is 3.38. The molecule has 0 radical (unpaired) electrons. The van der Waals surface area contributed by atoms with Crippen molar-refractivity contribution in [3.63, 3.8) is 0 Å². The van der Waals surface area contributed by atoms with E-state index in [-0.39, 0.29) is 39.5 Å². The van der Waals surface area contributed by atoms with Gasteiger partial charge in [0.05, 0.1) is 10.7 Å². The quantitative estimate of drug-likeness (QED) is 0.721. The monoisotopic (exact) mass is 441 g/mol. The molecule has 9 nitrogen and oxygen atoms in total. The maximum atomic E-state index is 12.5. The maximum Gasteiger partial charge on any atom is 0.493 e. The van der Waals surface area contributed by atoms with Crippen molar-refractivity contribution in [1.29, 1.82) is 0 Å². The van der Waals surface area contributed by atoms with Crippen molar-refractivity contribution in [2.45, 2.75) is 45.6 Å². The minimum Gasteiger partial charge on any atom is -0.487 e. The number of ether oxygens (including phenoxy) is 2. The first-order chi connectivity index (χ1) is 14.6. The number of benzene rings is 1. The van der Waals surface area contributed by atoms with E-state index in [1.54, 1.807) is 6.07 Å². The van der Waals surface area contributed by atoms with E-state index in [2.05, 4.69) is 15.3 Å². The number of fused-ring (bicyclic) bond motifs is 3. The molecule has 1 fully saturated rings. The molecule has 0 amide bonds. The first kappa shape index (κ1) is 21.1. The molecule has 0 bridgehead atoms. The standard InChI is InChI=1S/C19H20F3N4O5/c1-9(2)12-4-15-13(5-16(12)30-11-6-23-7-11)17-10(3)25(28)26(24-14(17)8-29-15)31-18(27)19(20,21)22/h4-5,9,11,23H,6-8H2,1-3H3/q+1. The van der Waals surface area contributed by atoms with Crippen LogP contribution in [0, 0.1) is 11.8 Å². The Balaban J connectivity index is 1.80. The van der Waals surface area contributed by atoms with Crippen LogP contribution in [0.15, 0.2) is 12.1 Å². The van der Waals surface area contributed by atoms with Crippen LogP contribution in [0.3, 0.4) is 0 Å². The molecule has 0 atom stereocenters. The summed E-state index contributed by atoms with van der Waals surface area (Å²) in [6.07, 6.45) is -5.26. The van der Waals surface area contributed by atoms with Gasteiger partial charge in [0.25, 0.3) is 0 Å². The van der Waals surface area contributed by atoms with Crippen LogP contribution in [0.5, 0.6) is 11.5 Å². The van der Waals surface area contributed by atoms with Crippen molar-refractivity contribution in [3.8, 4) is 22.6 Å². The molecule has 2 aliphatic heterocycles. The summed E-state index contributed by atoms with van der Waals surface area (Å²) in [5, 5.41) is 6.88. The van der Waals surface area contributed by atoms with Crippen LogP contribution < -0.4 is 24.2 Å². The van der Waals surface area contributed by atoms with Gasteiger partial charge in [-0.05, 0) is 23.0 Å². The number of nitrogens with zero attached hydrogens (tertiary/aromatic N) is 3. The van der Waals surface area contributed by atoms with E-state index in [1.165, 1.54) is 6.92 Å². The summed E-state index contributed by atoms with van der Waals surface area (Å²) in [5.74, 6) is -1.28. The Labute approximate surface area is 174 Å². The number of alkyl halides is 3. The Morgan fingerprint density at radius 2 is 2.06 bits per heavy atom. The highest BCUT2D eigenvalue weighted by atomic mass is 19.4. The predicted molar refractivity (Wildman–Crippen MR) is 99.1 cm³/mol. The summed E-state index contributed by atoms with van der Waals surface area (Å²) in [4.78, 5) is 27.7. The first-order valence-corrected chi connectivity index (χ1v) is 9.60. The van der Waals surface area contributed by atoms with Gasteiger partial charge in [-0.15, -0.1) is 0 Å². The lowest BCUT2D eigenvalue weighted by molar-refractivity contribution is -0.646. The number of carbonyl (C=O) groups excluding carboxylic acids is 1. The number of carbonyl (C=O) groups is 1. The largest absolute Gasteiger partial charge is 0.493 e. The number of hydrogen-bond donors (Lipinski definition) is 1. The van der Waals surface area contributed by atoms with Crippen LogP contribution in [-0.2, 0) is 11.4 Å². The number of hydrogen-bond acceptors (Lipinski definition) is 7. The first-order valence-electron chi connectivity index (χ1n) is 9.60. The van der Waals surface area contributed by atoms with Crippen molar-refractivity contribution >= 4 is 5.97 Å². The van der Waals surface area contributed by atoms with Crippen molar-refractivity contribution in [1.82, 2.24) is 15.4 Å². The molecule has 0 saturated carbocycles. The average Bonchev–Trinajstić information content (AvgIpc) is 2.66. The van der Waals surface area contributed by atoms with Crippen LogP contribution in [-0.4, -0.2) is 41.4 Å². The third-order valence-electron chi connectivity index (χ3n) is 5.10. The molecule has 4 rings (SSSR count). The Hall–Kier alpha value is -3.15. The van der Waals surface area contributed by atoms with Crippen LogP contribution in [0.4, 0.5) is 13.2 Å². The molecule has 1 saturated heterocycles. The van der Waals surface area contributed by atoms with E-state index >= 15 is 0 Å². The molecule has 1 aromatic carbocycles. The van der Waals surface area contributed by atoms with Gasteiger partial charge in [-0.2, -0.15) is 13.2 Å². The average molecular weight is 441 g/mol. The number of aromatic nitrogens is 3. The molecule has 3 heterocycles. The van der Waals surface area contributed by atoms with Gasteiger partial charge in [-0.1, -0.05) is 13.8 Å². The lowest BCUT2D eigenvalue weighted by Gasteiger charge is -2.30. The normalized spacial score (nSPS) is 15.6. The zero-order valence-electron chi connectivity index (χ0n) is 16.9. The van der Waals surface area contributed by atoms with Crippen LogP contribution in [0.2, 0.25) is 0 Å². The molecule has 2 aromatic rings. The molecular weight excluding hydrogens is 421 g/mol. The minimum absolute atomic E-state index is 0.00178. The summed E-state index contributed by atoms with van der Waals surface area (Å²) < 4.78 is 49.4. The highest BCUT2D eigenvalue weighted by Crippen LogP contribution is 2.43. The van der Waals surface area contributed by atoms with Crippen molar-refractivity contribution in [2.24, 2.45) is 0 Å². The summed E-state index contributed by atoms with van der Waals surface area (Å²) in [6.45, 7) is 6.74. The molecular formula is C19H20F3N4O5+. The molecule has 0 spiro atoms. The highest BCUT2D eigenvalue weighted by molar-refractivity contribution is 5.77. The van der Waals surface area contributed by atoms with Gasteiger partial charge in [0, 0.05) is 31.1 Å². The van der Waals surface area contributed by atoms with Crippen LogP contribution in [0.1, 0.15) is 36.7 Å². The second-order valence-corrected chi connectivity index (χ2v) is 7.64. The Morgan fingerprint density at radius 1 is 1.35 bits per heavy atom. The Kier molecular flexibility index (Phi) is 5.12. The minimum atomic E-state index is -5.27. The summed E-state index contributed by atoms with van der Waals surface area (Å²) >= 11 is 0. The third kappa shape index (κ3) is 3.82. The molecule has 1 N–H and O–H groups in total. The fraction of sp³-hybridized carbons (Fsp3) is 0.474. The van der Waals surface area contributed by atoms with Gasteiger partial charge in [-0.25, -0.2) is 4.79 Å². The Bertz CT molecular complexity index is 1110. The lowest BCUT2D eigenvalue weighted by atomic mass is 9.93. The molecule has 12 heteroatoms. The van der Waals surface area contributed by atoms with Crippen molar-refractivity contribution in [3.05, 3.63) is 34.0 Å². The van der Waals surface area contributed by atoms with Crippen LogP contribution >= 0.6 is 0 Å². The van der Waals surface area contributed by atoms with E-state index < -0.39 is 12.1 Å². The SMILES string of the molecule is Cc1c2c(nn(OC(=O)C(F)(F)F)[n+]1=O)COc1cc(C(C)C)c(OC3CNC3)cc1-2. The molecule has 31 heavy (non-hydrogen) atoms. The van der Waals surface area contributed by atoms with Gasteiger partial charge in [0.1, 0.15) is 22.1 Å². The summed E-state index contributed by atoms with van der Waals surface area (Å²) in [5.41, 5.74) is 2.00. The van der Waals surface area contributed by atoms with Gasteiger partial charge in [0.2, 0.25) is 10.7 Å². The zero-order valence-corrected chi connectivity index (χ0v) is 16.9.